The Bertz CT molecular complexity index is 590. The first-order valence-corrected chi connectivity index (χ1v) is 5.53. The van der Waals surface area contributed by atoms with Crippen molar-refractivity contribution in [1.82, 2.24) is 0 Å². The molecule has 0 atom stereocenters. The predicted molar refractivity (Wildman–Crippen MR) is 60.9 cm³/mol. The van der Waals surface area contributed by atoms with Gasteiger partial charge in [0.15, 0.2) is 5.76 Å². The molecule has 88 valence electrons. The normalized spacial score (nSPS) is 10.6. The van der Waals surface area contributed by atoms with E-state index in [9.17, 15) is 13.6 Å². The highest BCUT2D eigenvalue weighted by molar-refractivity contribution is 9.10. The van der Waals surface area contributed by atoms with E-state index in [0.29, 0.717) is 5.56 Å². The number of hydrogen-bond donors (Lipinski definition) is 0. The van der Waals surface area contributed by atoms with E-state index in [2.05, 4.69) is 15.9 Å². The number of ketones is 1. The van der Waals surface area contributed by atoms with Crippen LogP contribution in [0.4, 0.5) is 8.78 Å². The molecule has 0 unspecified atom stereocenters. The Kier molecular flexibility index (Phi) is 3.11. The lowest BCUT2D eigenvalue weighted by Crippen LogP contribution is -2.05. The minimum atomic E-state index is -0.793. The van der Waals surface area contributed by atoms with Gasteiger partial charge in [-0.05, 0) is 46.6 Å². The van der Waals surface area contributed by atoms with Crippen LogP contribution in [0.5, 0.6) is 0 Å². The van der Waals surface area contributed by atoms with Gasteiger partial charge in [-0.3, -0.25) is 4.79 Å². The molecule has 0 N–H and O–H groups in total. The molecule has 0 amide bonds. The quantitative estimate of drug-likeness (QED) is 0.623. The van der Waals surface area contributed by atoms with E-state index in [-0.39, 0.29) is 15.8 Å². The highest BCUT2D eigenvalue weighted by Gasteiger charge is 2.20. The summed E-state index contributed by atoms with van der Waals surface area (Å²) in [5, 5.41) is 0. The smallest absolute Gasteiger partial charge is 0.231 e. The van der Waals surface area contributed by atoms with E-state index >= 15 is 0 Å². The van der Waals surface area contributed by atoms with Gasteiger partial charge >= 0.3 is 0 Å². The molecule has 17 heavy (non-hydrogen) atoms. The van der Waals surface area contributed by atoms with Crippen LogP contribution in [0.2, 0.25) is 0 Å². The van der Waals surface area contributed by atoms with Gasteiger partial charge in [-0.15, -0.1) is 0 Å². The summed E-state index contributed by atoms with van der Waals surface area (Å²) in [6.45, 7) is 1.66. The number of furan rings is 1. The van der Waals surface area contributed by atoms with Crippen molar-refractivity contribution >= 4 is 21.7 Å². The Morgan fingerprint density at radius 1 is 1.29 bits per heavy atom. The first kappa shape index (κ1) is 12.0. The first-order chi connectivity index (χ1) is 8.00. The molecule has 1 aromatic carbocycles. The van der Waals surface area contributed by atoms with Gasteiger partial charge < -0.3 is 4.42 Å². The molecule has 2 rings (SSSR count). The van der Waals surface area contributed by atoms with Crippen molar-refractivity contribution in [3.05, 3.63) is 57.5 Å². The van der Waals surface area contributed by atoms with Crippen LogP contribution in [-0.4, -0.2) is 5.78 Å². The minimum absolute atomic E-state index is 0.0191. The Labute approximate surface area is 104 Å². The Morgan fingerprint density at radius 3 is 2.59 bits per heavy atom. The fraction of sp³-hybridized carbons (Fsp3) is 0.0833. The van der Waals surface area contributed by atoms with Crippen molar-refractivity contribution in [2.24, 2.45) is 0 Å². The van der Waals surface area contributed by atoms with Crippen LogP contribution in [-0.2, 0) is 0 Å². The monoisotopic (exact) mass is 300 g/mol. The summed E-state index contributed by atoms with van der Waals surface area (Å²) in [4.78, 5) is 11.9. The molecular formula is C12H7BrF2O2. The largest absolute Gasteiger partial charge is 0.461 e. The van der Waals surface area contributed by atoms with Crippen LogP contribution in [0.15, 0.2) is 33.4 Å². The van der Waals surface area contributed by atoms with Crippen LogP contribution in [0.3, 0.4) is 0 Å². The van der Waals surface area contributed by atoms with E-state index in [4.69, 9.17) is 4.42 Å². The zero-order chi connectivity index (χ0) is 12.6. The molecule has 0 radical (unpaired) electrons. The molecule has 0 spiro atoms. The predicted octanol–water partition coefficient (Wildman–Crippen LogP) is 3.86. The number of carbonyl (C=O) groups is 1. The Morgan fingerprint density at radius 2 is 2.00 bits per heavy atom. The van der Waals surface area contributed by atoms with Gasteiger partial charge in [0.1, 0.15) is 11.6 Å². The SMILES string of the molecule is Cc1ccoc1C(=O)c1cc(F)c(Br)cc1F. The van der Waals surface area contributed by atoms with Gasteiger partial charge in [0, 0.05) is 0 Å². The highest BCUT2D eigenvalue weighted by atomic mass is 79.9. The molecule has 0 saturated heterocycles. The van der Waals surface area contributed by atoms with E-state index in [1.807, 2.05) is 0 Å². The molecule has 0 aliphatic heterocycles. The van der Waals surface area contributed by atoms with E-state index < -0.39 is 17.4 Å². The summed E-state index contributed by atoms with van der Waals surface area (Å²) in [6.07, 6.45) is 1.33. The maximum atomic E-state index is 13.5. The number of halogens is 3. The zero-order valence-electron chi connectivity index (χ0n) is 8.76. The summed E-state index contributed by atoms with van der Waals surface area (Å²) in [5.74, 6) is -2.14. The fourth-order valence-corrected chi connectivity index (χ4v) is 1.74. The van der Waals surface area contributed by atoms with Gasteiger partial charge in [0.25, 0.3) is 0 Å². The van der Waals surface area contributed by atoms with Crippen molar-refractivity contribution < 1.29 is 18.0 Å². The van der Waals surface area contributed by atoms with Crippen molar-refractivity contribution in [2.45, 2.75) is 6.92 Å². The van der Waals surface area contributed by atoms with Crippen LogP contribution in [0.1, 0.15) is 21.7 Å². The molecule has 2 nitrogen and oxygen atoms in total. The van der Waals surface area contributed by atoms with Crippen molar-refractivity contribution in [3.8, 4) is 0 Å². The lowest BCUT2D eigenvalue weighted by atomic mass is 10.1. The third-order valence-electron chi connectivity index (χ3n) is 2.32. The average molecular weight is 301 g/mol. The molecule has 1 aromatic heterocycles. The maximum Gasteiger partial charge on any atom is 0.231 e. The Balaban J connectivity index is 2.52. The molecule has 2 aromatic rings. The van der Waals surface area contributed by atoms with Gasteiger partial charge in [0.2, 0.25) is 5.78 Å². The molecular weight excluding hydrogens is 294 g/mol. The average Bonchev–Trinajstić information content (AvgIpc) is 2.69. The fourth-order valence-electron chi connectivity index (χ4n) is 1.42. The number of benzene rings is 1. The topological polar surface area (TPSA) is 30.2 Å². The van der Waals surface area contributed by atoms with Crippen molar-refractivity contribution in [3.63, 3.8) is 0 Å². The molecule has 1 heterocycles. The summed E-state index contributed by atoms with van der Waals surface area (Å²) >= 11 is 2.84. The van der Waals surface area contributed by atoms with Gasteiger partial charge in [-0.25, -0.2) is 8.78 Å². The summed E-state index contributed by atoms with van der Waals surface area (Å²) in [6, 6.07) is 3.35. The van der Waals surface area contributed by atoms with Crippen LogP contribution < -0.4 is 0 Å². The lowest BCUT2D eigenvalue weighted by molar-refractivity contribution is 0.100. The maximum absolute atomic E-state index is 13.5. The number of rotatable bonds is 2. The van der Waals surface area contributed by atoms with Crippen LogP contribution in [0, 0.1) is 18.6 Å². The van der Waals surface area contributed by atoms with Crippen LogP contribution >= 0.6 is 15.9 Å². The second kappa shape index (κ2) is 4.41. The Hall–Kier alpha value is -1.49. The van der Waals surface area contributed by atoms with Gasteiger partial charge in [0.05, 0.1) is 16.3 Å². The summed E-state index contributed by atoms with van der Waals surface area (Å²) in [7, 11) is 0. The molecule has 0 fully saturated rings. The number of carbonyl (C=O) groups excluding carboxylic acids is 1. The van der Waals surface area contributed by atoms with Crippen molar-refractivity contribution in [2.75, 3.05) is 0 Å². The molecule has 0 saturated carbocycles. The van der Waals surface area contributed by atoms with E-state index in [0.717, 1.165) is 12.1 Å². The summed E-state index contributed by atoms with van der Waals surface area (Å²) < 4.78 is 31.7. The minimum Gasteiger partial charge on any atom is -0.461 e. The van der Waals surface area contributed by atoms with Gasteiger partial charge in [-0.2, -0.15) is 0 Å². The zero-order valence-corrected chi connectivity index (χ0v) is 10.3. The molecule has 0 bridgehead atoms. The third-order valence-corrected chi connectivity index (χ3v) is 2.93. The second-order valence-electron chi connectivity index (χ2n) is 3.51. The van der Waals surface area contributed by atoms with E-state index in [1.54, 1.807) is 13.0 Å². The highest BCUT2D eigenvalue weighted by Crippen LogP contribution is 2.23. The van der Waals surface area contributed by atoms with E-state index in [1.165, 1.54) is 6.26 Å². The third kappa shape index (κ3) is 2.15. The molecule has 0 aliphatic carbocycles. The number of hydrogen-bond acceptors (Lipinski definition) is 2. The molecule has 5 heteroatoms. The second-order valence-corrected chi connectivity index (χ2v) is 4.36. The summed E-state index contributed by atoms with van der Waals surface area (Å²) in [5.41, 5.74) is 0.237. The van der Waals surface area contributed by atoms with Crippen molar-refractivity contribution in [1.29, 1.82) is 0 Å². The standard InChI is InChI=1S/C12H7BrF2O2/c1-6-2-3-17-12(6)11(16)7-4-10(15)8(13)5-9(7)14/h2-5H,1H3. The number of aryl methyl sites for hydroxylation is 1. The first-order valence-electron chi connectivity index (χ1n) is 4.74. The molecule has 0 aliphatic rings. The lowest BCUT2D eigenvalue weighted by Gasteiger charge is -2.03. The van der Waals surface area contributed by atoms with Gasteiger partial charge in [-0.1, -0.05) is 0 Å². The van der Waals surface area contributed by atoms with Crippen LogP contribution in [0.25, 0.3) is 0 Å².